The van der Waals surface area contributed by atoms with Gasteiger partial charge >= 0.3 is 0 Å². The molecular formula is C18H21ClN2O2. The van der Waals surface area contributed by atoms with Gasteiger partial charge in [0, 0.05) is 25.9 Å². The molecule has 0 fully saturated rings. The fraction of sp³-hybridized carbons (Fsp3) is 0.278. The summed E-state index contributed by atoms with van der Waals surface area (Å²) in [5, 5.41) is 6.49. The van der Waals surface area contributed by atoms with Gasteiger partial charge in [0.25, 0.3) is 5.91 Å². The third-order valence-corrected chi connectivity index (χ3v) is 3.70. The summed E-state index contributed by atoms with van der Waals surface area (Å²) >= 11 is 6.21. The van der Waals surface area contributed by atoms with Crippen LogP contribution in [0.1, 0.15) is 21.5 Å². The predicted octanol–water partition coefficient (Wildman–Crippen LogP) is 3.64. The number of carbonyl (C=O) groups is 1. The van der Waals surface area contributed by atoms with Crippen LogP contribution in [0.5, 0.6) is 0 Å². The average molecular weight is 333 g/mol. The zero-order valence-electron chi connectivity index (χ0n) is 13.4. The molecule has 0 unspecified atom stereocenters. The summed E-state index contributed by atoms with van der Waals surface area (Å²) in [7, 11) is 1.59. The maximum atomic E-state index is 12.0. The van der Waals surface area contributed by atoms with Gasteiger partial charge in [0.1, 0.15) is 0 Å². The molecule has 1 amide bonds. The molecule has 2 aromatic carbocycles. The molecule has 0 aliphatic heterocycles. The van der Waals surface area contributed by atoms with Crippen LogP contribution in [0.15, 0.2) is 42.5 Å². The third kappa shape index (κ3) is 5.27. The van der Waals surface area contributed by atoms with Crippen molar-refractivity contribution in [1.29, 1.82) is 0 Å². The molecule has 2 aromatic rings. The van der Waals surface area contributed by atoms with Crippen molar-refractivity contribution in [3.05, 3.63) is 64.2 Å². The van der Waals surface area contributed by atoms with Gasteiger partial charge in [-0.1, -0.05) is 41.4 Å². The zero-order chi connectivity index (χ0) is 16.7. The smallest absolute Gasteiger partial charge is 0.252 e. The van der Waals surface area contributed by atoms with Gasteiger partial charge in [-0.15, -0.1) is 0 Å². The molecule has 0 atom stereocenters. The molecule has 0 bridgehead atoms. The third-order valence-electron chi connectivity index (χ3n) is 3.38. The normalized spacial score (nSPS) is 10.4. The first kappa shape index (κ1) is 17.3. The first-order valence-corrected chi connectivity index (χ1v) is 7.84. The second-order valence-corrected chi connectivity index (χ2v) is 5.69. The molecular weight excluding hydrogens is 312 g/mol. The minimum atomic E-state index is -0.197. The Morgan fingerprint density at radius 1 is 1.22 bits per heavy atom. The number of amides is 1. The average Bonchev–Trinajstić information content (AvgIpc) is 2.53. The topological polar surface area (TPSA) is 50.4 Å². The highest BCUT2D eigenvalue weighted by molar-refractivity contribution is 6.34. The number of hydrogen-bond donors (Lipinski definition) is 2. The lowest BCUT2D eigenvalue weighted by molar-refractivity contribution is 0.0937. The molecule has 23 heavy (non-hydrogen) atoms. The van der Waals surface area contributed by atoms with Crippen LogP contribution in [0.2, 0.25) is 5.02 Å². The summed E-state index contributed by atoms with van der Waals surface area (Å²) in [5.41, 5.74) is 3.77. The number of benzene rings is 2. The maximum absolute atomic E-state index is 12.0. The lowest BCUT2D eigenvalue weighted by Crippen LogP contribution is -2.27. The van der Waals surface area contributed by atoms with Crippen molar-refractivity contribution in [2.75, 3.05) is 25.6 Å². The summed E-state index contributed by atoms with van der Waals surface area (Å²) < 4.78 is 4.90. The Labute approximate surface area is 141 Å². The van der Waals surface area contributed by atoms with Gasteiger partial charge < -0.3 is 15.4 Å². The highest BCUT2D eigenvalue weighted by atomic mass is 35.5. The van der Waals surface area contributed by atoms with E-state index in [-0.39, 0.29) is 5.91 Å². The Bertz CT molecular complexity index is 674. The maximum Gasteiger partial charge on any atom is 0.252 e. The first-order valence-electron chi connectivity index (χ1n) is 7.46. The molecule has 4 nitrogen and oxygen atoms in total. The standard InChI is InChI=1S/C18H21ClN2O2/c1-13-4-3-5-14(10-13)12-21-15-6-7-16(17(19)11-15)18(22)20-8-9-23-2/h3-7,10-11,21H,8-9,12H2,1-2H3,(H,20,22). The van der Waals surface area contributed by atoms with E-state index in [2.05, 4.69) is 35.8 Å². The molecule has 0 heterocycles. The van der Waals surface area contributed by atoms with E-state index in [9.17, 15) is 4.79 Å². The number of ether oxygens (including phenoxy) is 1. The molecule has 0 radical (unpaired) electrons. The monoisotopic (exact) mass is 332 g/mol. The van der Waals surface area contributed by atoms with E-state index in [0.29, 0.717) is 30.3 Å². The molecule has 122 valence electrons. The van der Waals surface area contributed by atoms with E-state index >= 15 is 0 Å². The lowest BCUT2D eigenvalue weighted by atomic mass is 10.1. The number of halogens is 1. The Hall–Kier alpha value is -2.04. The summed E-state index contributed by atoms with van der Waals surface area (Å²) in [4.78, 5) is 12.0. The number of carbonyl (C=O) groups excluding carboxylic acids is 1. The number of nitrogens with one attached hydrogen (secondary N) is 2. The lowest BCUT2D eigenvalue weighted by Gasteiger charge is -2.10. The van der Waals surface area contributed by atoms with Crippen LogP contribution in [-0.2, 0) is 11.3 Å². The number of aryl methyl sites for hydroxylation is 1. The van der Waals surface area contributed by atoms with Crippen molar-refractivity contribution in [3.63, 3.8) is 0 Å². The van der Waals surface area contributed by atoms with E-state index in [1.54, 1.807) is 19.2 Å². The van der Waals surface area contributed by atoms with Gasteiger partial charge in [0.05, 0.1) is 17.2 Å². The van der Waals surface area contributed by atoms with Gasteiger partial charge in [0.2, 0.25) is 0 Å². The predicted molar refractivity (Wildman–Crippen MR) is 94.2 cm³/mol. The van der Waals surface area contributed by atoms with Gasteiger partial charge in [-0.3, -0.25) is 4.79 Å². The van der Waals surface area contributed by atoms with Crippen molar-refractivity contribution < 1.29 is 9.53 Å². The fourth-order valence-electron chi connectivity index (χ4n) is 2.20. The van der Waals surface area contributed by atoms with Crippen LogP contribution in [0.3, 0.4) is 0 Å². The van der Waals surface area contributed by atoms with E-state index in [1.807, 2.05) is 12.1 Å². The van der Waals surface area contributed by atoms with E-state index in [4.69, 9.17) is 16.3 Å². The Morgan fingerprint density at radius 2 is 2.04 bits per heavy atom. The van der Waals surface area contributed by atoms with Gasteiger partial charge in [0.15, 0.2) is 0 Å². The first-order chi connectivity index (χ1) is 11.1. The highest BCUT2D eigenvalue weighted by Crippen LogP contribution is 2.21. The molecule has 5 heteroatoms. The van der Waals surface area contributed by atoms with Crippen LogP contribution in [0.4, 0.5) is 5.69 Å². The molecule has 2 rings (SSSR count). The van der Waals surface area contributed by atoms with Gasteiger partial charge in [-0.2, -0.15) is 0 Å². The van der Waals surface area contributed by atoms with Crippen molar-refractivity contribution in [2.45, 2.75) is 13.5 Å². The molecule has 2 N–H and O–H groups in total. The fourth-order valence-corrected chi connectivity index (χ4v) is 2.46. The Balaban J connectivity index is 1.97. The van der Waals surface area contributed by atoms with E-state index in [1.165, 1.54) is 11.1 Å². The summed E-state index contributed by atoms with van der Waals surface area (Å²) in [5.74, 6) is -0.197. The summed E-state index contributed by atoms with van der Waals surface area (Å²) in [6.45, 7) is 3.70. The molecule has 0 aliphatic carbocycles. The van der Waals surface area contributed by atoms with E-state index in [0.717, 1.165) is 5.69 Å². The molecule has 0 saturated carbocycles. The second kappa shape index (κ2) is 8.56. The SMILES string of the molecule is COCCNC(=O)c1ccc(NCc2cccc(C)c2)cc1Cl. The van der Waals surface area contributed by atoms with Crippen LogP contribution in [0.25, 0.3) is 0 Å². The number of hydrogen-bond acceptors (Lipinski definition) is 3. The van der Waals surface area contributed by atoms with Crippen LogP contribution < -0.4 is 10.6 Å². The van der Waals surface area contributed by atoms with Crippen molar-refractivity contribution in [3.8, 4) is 0 Å². The molecule has 0 spiro atoms. The highest BCUT2D eigenvalue weighted by Gasteiger charge is 2.10. The largest absolute Gasteiger partial charge is 0.383 e. The Kier molecular flexibility index (Phi) is 6.44. The van der Waals surface area contributed by atoms with Crippen molar-refractivity contribution >= 4 is 23.2 Å². The number of methoxy groups -OCH3 is 1. The summed E-state index contributed by atoms with van der Waals surface area (Å²) in [6.07, 6.45) is 0. The quantitative estimate of drug-likeness (QED) is 0.761. The van der Waals surface area contributed by atoms with Crippen LogP contribution in [0, 0.1) is 6.92 Å². The molecule has 0 saturated heterocycles. The molecule has 0 aliphatic rings. The molecule has 0 aromatic heterocycles. The number of anilines is 1. The van der Waals surface area contributed by atoms with Crippen molar-refractivity contribution in [2.24, 2.45) is 0 Å². The van der Waals surface area contributed by atoms with E-state index < -0.39 is 0 Å². The zero-order valence-corrected chi connectivity index (χ0v) is 14.1. The van der Waals surface area contributed by atoms with Gasteiger partial charge in [-0.25, -0.2) is 0 Å². The van der Waals surface area contributed by atoms with Crippen molar-refractivity contribution in [1.82, 2.24) is 5.32 Å². The van der Waals surface area contributed by atoms with Crippen LogP contribution >= 0.6 is 11.6 Å². The minimum Gasteiger partial charge on any atom is -0.383 e. The van der Waals surface area contributed by atoms with Gasteiger partial charge in [-0.05, 0) is 30.7 Å². The van der Waals surface area contributed by atoms with Crippen LogP contribution in [-0.4, -0.2) is 26.2 Å². The Morgan fingerprint density at radius 3 is 2.74 bits per heavy atom. The summed E-state index contributed by atoms with van der Waals surface area (Å²) in [6, 6.07) is 13.6. The minimum absolute atomic E-state index is 0.197. The second-order valence-electron chi connectivity index (χ2n) is 5.29. The number of rotatable bonds is 7.